The van der Waals surface area contributed by atoms with Gasteiger partial charge in [-0.15, -0.1) is 0 Å². The third-order valence-corrected chi connectivity index (χ3v) is 5.71. The lowest BCUT2D eigenvalue weighted by atomic mass is 9.74. The minimum atomic E-state index is 0.113. The maximum absolute atomic E-state index is 5.63. The summed E-state index contributed by atoms with van der Waals surface area (Å²) >= 11 is 0. The van der Waals surface area contributed by atoms with Gasteiger partial charge in [0.1, 0.15) is 0 Å². The highest BCUT2D eigenvalue weighted by atomic mass is 16.7. The number of ether oxygens (including phenoxy) is 3. The summed E-state index contributed by atoms with van der Waals surface area (Å²) in [6.07, 6.45) is 2.08. The molecule has 2 atom stereocenters. The van der Waals surface area contributed by atoms with E-state index in [1.807, 2.05) is 6.07 Å². The Balaban J connectivity index is 1.47. The van der Waals surface area contributed by atoms with Crippen molar-refractivity contribution in [3.05, 3.63) is 23.8 Å². The van der Waals surface area contributed by atoms with Gasteiger partial charge in [0.25, 0.3) is 0 Å². The van der Waals surface area contributed by atoms with Crippen LogP contribution in [0.5, 0.6) is 11.5 Å². The molecule has 0 saturated carbocycles. The molecular weight excluding hydrogens is 306 g/mol. The maximum Gasteiger partial charge on any atom is 0.231 e. The van der Waals surface area contributed by atoms with Crippen molar-refractivity contribution in [1.82, 2.24) is 16.2 Å². The summed E-state index contributed by atoms with van der Waals surface area (Å²) in [4.78, 5) is 0. The first-order valence-electron chi connectivity index (χ1n) is 8.94. The third kappa shape index (κ3) is 3.11. The van der Waals surface area contributed by atoms with Gasteiger partial charge >= 0.3 is 0 Å². The second kappa shape index (κ2) is 6.88. The first-order valence-corrected chi connectivity index (χ1v) is 8.94. The molecule has 0 amide bonds. The number of rotatable bonds is 5. The summed E-state index contributed by atoms with van der Waals surface area (Å²) in [5.41, 5.74) is 7.97. The van der Waals surface area contributed by atoms with E-state index in [4.69, 9.17) is 14.2 Å². The van der Waals surface area contributed by atoms with E-state index in [1.165, 1.54) is 5.56 Å². The third-order valence-electron chi connectivity index (χ3n) is 5.71. The van der Waals surface area contributed by atoms with Gasteiger partial charge in [-0.1, -0.05) is 6.07 Å². The van der Waals surface area contributed by atoms with Gasteiger partial charge in [-0.25, -0.2) is 0 Å². The lowest BCUT2D eigenvalue weighted by molar-refractivity contribution is 0.0495. The topological polar surface area (TPSA) is 63.8 Å². The summed E-state index contributed by atoms with van der Waals surface area (Å²) in [6, 6.07) is 6.91. The number of fused-ring (bicyclic) bond motifs is 1. The molecule has 3 aliphatic heterocycles. The molecule has 24 heavy (non-hydrogen) atoms. The molecule has 1 aromatic carbocycles. The quantitative estimate of drug-likeness (QED) is 0.752. The van der Waals surface area contributed by atoms with Crippen LogP contribution < -0.4 is 25.6 Å². The molecule has 3 heterocycles. The van der Waals surface area contributed by atoms with E-state index in [1.54, 1.807) is 0 Å². The molecule has 2 fully saturated rings. The first kappa shape index (κ1) is 16.1. The second-order valence-corrected chi connectivity index (χ2v) is 7.17. The van der Waals surface area contributed by atoms with Crippen molar-refractivity contribution in [2.24, 2.45) is 5.92 Å². The SMILES string of the molecule is CC1NNCC1CNCC1(c2ccc3c(c2)OCO3)CCOCC1. The predicted molar refractivity (Wildman–Crippen MR) is 91.3 cm³/mol. The molecule has 1 aromatic rings. The van der Waals surface area contributed by atoms with Crippen LogP contribution in [0.25, 0.3) is 0 Å². The highest BCUT2D eigenvalue weighted by Crippen LogP contribution is 2.40. The molecule has 0 spiro atoms. The van der Waals surface area contributed by atoms with Gasteiger partial charge in [0.05, 0.1) is 0 Å². The van der Waals surface area contributed by atoms with Crippen molar-refractivity contribution in [3.63, 3.8) is 0 Å². The Morgan fingerprint density at radius 3 is 2.83 bits per heavy atom. The fraction of sp³-hybridized carbons (Fsp3) is 0.667. The molecule has 0 aromatic heterocycles. The van der Waals surface area contributed by atoms with Crippen LogP contribution in [-0.4, -0.2) is 45.7 Å². The van der Waals surface area contributed by atoms with E-state index >= 15 is 0 Å². The van der Waals surface area contributed by atoms with Crippen LogP contribution in [0, 0.1) is 5.92 Å². The number of nitrogens with one attached hydrogen (secondary N) is 3. The van der Waals surface area contributed by atoms with E-state index in [0.717, 1.165) is 57.2 Å². The average molecular weight is 333 g/mol. The summed E-state index contributed by atoms with van der Waals surface area (Å²) < 4.78 is 16.7. The molecule has 6 heteroatoms. The molecule has 2 unspecified atom stereocenters. The number of hydrogen-bond acceptors (Lipinski definition) is 6. The normalized spacial score (nSPS) is 28.2. The minimum absolute atomic E-state index is 0.113. The summed E-state index contributed by atoms with van der Waals surface area (Å²) in [6.45, 7) is 7.21. The fourth-order valence-electron chi connectivity index (χ4n) is 3.95. The van der Waals surface area contributed by atoms with Gasteiger partial charge in [0.15, 0.2) is 11.5 Å². The second-order valence-electron chi connectivity index (χ2n) is 7.17. The Hall–Kier alpha value is -1.34. The predicted octanol–water partition coefficient (Wildman–Crippen LogP) is 1.17. The summed E-state index contributed by atoms with van der Waals surface area (Å²) in [5.74, 6) is 2.35. The van der Waals surface area contributed by atoms with Gasteiger partial charge in [-0.2, -0.15) is 0 Å². The van der Waals surface area contributed by atoms with Crippen LogP contribution in [0.3, 0.4) is 0 Å². The molecular formula is C18H27N3O3. The molecule has 0 bridgehead atoms. The van der Waals surface area contributed by atoms with Crippen LogP contribution >= 0.6 is 0 Å². The molecule has 0 radical (unpaired) electrons. The molecule has 0 aliphatic carbocycles. The summed E-state index contributed by atoms with van der Waals surface area (Å²) in [5, 5.41) is 3.73. The first-order chi connectivity index (χ1) is 11.8. The Labute approximate surface area is 143 Å². The van der Waals surface area contributed by atoms with E-state index in [2.05, 4.69) is 35.2 Å². The zero-order valence-corrected chi connectivity index (χ0v) is 14.3. The van der Waals surface area contributed by atoms with Crippen molar-refractivity contribution in [2.75, 3.05) is 39.6 Å². The number of hydrazine groups is 1. The van der Waals surface area contributed by atoms with Crippen LogP contribution in [0.15, 0.2) is 18.2 Å². The minimum Gasteiger partial charge on any atom is -0.454 e. The standard InChI is InChI=1S/C18H27N3O3/c1-13-14(10-20-21-13)9-19-11-18(4-6-22-7-5-18)15-2-3-16-17(8-15)24-12-23-16/h2-3,8,13-14,19-21H,4-7,9-12H2,1H3. The highest BCUT2D eigenvalue weighted by molar-refractivity contribution is 5.47. The molecule has 2 saturated heterocycles. The van der Waals surface area contributed by atoms with Crippen LogP contribution in [0.1, 0.15) is 25.3 Å². The highest BCUT2D eigenvalue weighted by Gasteiger charge is 2.36. The Kier molecular flexibility index (Phi) is 4.63. The van der Waals surface area contributed by atoms with Crippen LogP contribution in [-0.2, 0) is 10.2 Å². The molecule has 3 aliphatic rings. The van der Waals surface area contributed by atoms with Gasteiger partial charge in [-0.05, 0) is 37.5 Å². The van der Waals surface area contributed by atoms with Crippen molar-refractivity contribution in [1.29, 1.82) is 0 Å². The molecule has 132 valence electrons. The van der Waals surface area contributed by atoms with E-state index in [0.29, 0.717) is 18.8 Å². The van der Waals surface area contributed by atoms with Gasteiger partial charge in [-0.3, -0.25) is 10.9 Å². The lowest BCUT2D eigenvalue weighted by Gasteiger charge is -2.38. The number of benzene rings is 1. The fourth-order valence-corrected chi connectivity index (χ4v) is 3.95. The zero-order chi connectivity index (χ0) is 16.4. The average Bonchev–Trinajstić information content (AvgIpc) is 3.24. The Bertz CT molecular complexity index is 575. The molecule has 3 N–H and O–H groups in total. The summed E-state index contributed by atoms with van der Waals surface area (Å²) in [7, 11) is 0. The van der Waals surface area contributed by atoms with E-state index < -0.39 is 0 Å². The Morgan fingerprint density at radius 1 is 1.21 bits per heavy atom. The van der Waals surface area contributed by atoms with Crippen molar-refractivity contribution >= 4 is 0 Å². The van der Waals surface area contributed by atoms with Crippen LogP contribution in [0.4, 0.5) is 0 Å². The molecule has 6 nitrogen and oxygen atoms in total. The van der Waals surface area contributed by atoms with Crippen molar-refractivity contribution in [3.8, 4) is 11.5 Å². The van der Waals surface area contributed by atoms with Gasteiger partial charge in [0, 0.05) is 50.2 Å². The van der Waals surface area contributed by atoms with Crippen molar-refractivity contribution < 1.29 is 14.2 Å². The monoisotopic (exact) mass is 333 g/mol. The van der Waals surface area contributed by atoms with Gasteiger partial charge < -0.3 is 19.5 Å². The largest absolute Gasteiger partial charge is 0.454 e. The molecule has 4 rings (SSSR count). The van der Waals surface area contributed by atoms with Crippen molar-refractivity contribution in [2.45, 2.75) is 31.2 Å². The Morgan fingerprint density at radius 2 is 2.04 bits per heavy atom. The van der Waals surface area contributed by atoms with Gasteiger partial charge in [0.2, 0.25) is 6.79 Å². The van der Waals surface area contributed by atoms with E-state index in [-0.39, 0.29) is 5.41 Å². The number of hydrogen-bond donors (Lipinski definition) is 3. The maximum atomic E-state index is 5.63. The zero-order valence-electron chi connectivity index (χ0n) is 14.3. The van der Waals surface area contributed by atoms with Crippen LogP contribution in [0.2, 0.25) is 0 Å². The van der Waals surface area contributed by atoms with E-state index in [9.17, 15) is 0 Å². The lowest BCUT2D eigenvalue weighted by Crippen LogP contribution is -2.45. The smallest absolute Gasteiger partial charge is 0.231 e.